The predicted molar refractivity (Wildman–Crippen MR) is 103 cm³/mol. The van der Waals surface area contributed by atoms with Crippen LogP contribution in [0.2, 0.25) is 0 Å². The maximum Gasteiger partial charge on any atom is 0.337 e. The van der Waals surface area contributed by atoms with Gasteiger partial charge in [0.2, 0.25) is 0 Å². The van der Waals surface area contributed by atoms with Crippen LogP contribution in [-0.2, 0) is 0 Å². The Morgan fingerprint density at radius 2 is 1.33 bits per heavy atom. The van der Waals surface area contributed by atoms with Gasteiger partial charge in [-0.1, -0.05) is 77.3 Å². The highest BCUT2D eigenvalue weighted by molar-refractivity contribution is 5.94. The zero-order valence-electron chi connectivity index (χ0n) is 15.6. The molecule has 0 unspecified atom stereocenters. The van der Waals surface area contributed by atoms with Gasteiger partial charge in [0.05, 0.1) is 11.3 Å². The molecule has 1 aromatic rings. The Kier molecular flexibility index (Phi) is 11.0. The van der Waals surface area contributed by atoms with E-state index in [1.165, 1.54) is 51.4 Å². The Morgan fingerprint density at radius 1 is 0.833 bits per heavy atom. The molecule has 0 spiro atoms. The maximum atomic E-state index is 11.5. The van der Waals surface area contributed by atoms with E-state index in [-0.39, 0.29) is 0 Å². The number of anilines is 1. The van der Waals surface area contributed by atoms with Crippen molar-refractivity contribution < 1.29 is 9.90 Å². The highest BCUT2D eigenvalue weighted by atomic mass is 16.4. The lowest BCUT2D eigenvalue weighted by Crippen LogP contribution is -2.27. The minimum Gasteiger partial charge on any atom is -0.478 e. The van der Waals surface area contributed by atoms with Crippen LogP contribution in [0.4, 0.5) is 5.69 Å². The first-order valence-corrected chi connectivity index (χ1v) is 9.78. The number of nitrogens with zero attached hydrogens (tertiary/aromatic N) is 1. The van der Waals surface area contributed by atoms with Crippen LogP contribution in [0.25, 0.3) is 0 Å². The van der Waals surface area contributed by atoms with Gasteiger partial charge in [0.25, 0.3) is 0 Å². The fraction of sp³-hybridized carbons (Fsp3) is 0.667. The summed E-state index contributed by atoms with van der Waals surface area (Å²) in [5, 5.41) is 9.47. The number of hydrogen-bond donors (Lipinski definition) is 1. The largest absolute Gasteiger partial charge is 0.478 e. The maximum absolute atomic E-state index is 11.5. The highest BCUT2D eigenvalue weighted by Gasteiger charge is 2.15. The molecule has 0 fully saturated rings. The van der Waals surface area contributed by atoms with Crippen molar-refractivity contribution in [2.45, 2.75) is 78.1 Å². The van der Waals surface area contributed by atoms with Crippen LogP contribution in [0.3, 0.4) is 0 Å². The Hall–Kier alpha value is -1.51. The topological polar surface area (TPSA) is 40.5 Å². The lowest BCUT2D eigenvalue weighted by Gasteiger charge is -2.26. The SMILES string of the molecule is CCCCCCCN(CCCCCCC)c1ccccc1C(=O)O. The molecule has 0 bridgehead atoms. The number of hydrogen-bond acceptors (Lipinski definition) is 2. The molecular formula is C21H35NO2. The van der Waals surface area contributed by atoms with Crippen molar-refractivity contribution >= 4 is 11.7 Å². The van der Waals surface area contributed by atoms with Crippen LogP contribution in [0, 0.1) is 0 Å². The van der Waals surface area contributed by atoms with Crippen molar-refractivity contribution in [3.05, 3.63) is 29.8 Å². The quantitative estimate of drug-likeness (QED) is 0.416. The van der Waals surface area contributed by atoms with E-state index in [9.17, 15) is 9.90 Å². The lowest BCUT2D eigenvalue weighted by molar-refractivity contribution is 0.0697. The molecular weight excluding hydrogens is 298 g/mol. The van der Waals surface area contributed by atoms with Crippen molar-refractivity contribution in [2.75, 3.05) is 18.0 Å². The van der Waals surface area contributed by atoms with Crippen molar-refractivity contribution in [2.24, 2.45) is 0 Å². The zero-order valence-corrected chi connectivity index (χ0v) is 15.6. The third-order valence-corrected chi connectivity index (χ3v) is 4.54. The van der Waals surface area contributed by atoms with Gasteiger partial charge >= 0.3 is 5.97 Å². The van der Waals surface area contributed by atoms with Gasteiger partial charge < -0.3 is 10.0 Å². The Morgan fingerprint density at radius 3 is 1.83 bits per heavy atom. The lowest BCUT2D eigenvalue weighted by atomic mass is 10.1. The fourth-order valence-electron chi connectivity index (χ4n) is 3.10. The standard InChI is InChI=1S/C21H35NO2/c1-3-5-7-9-13-17-22(18-14-10-8-6-4-2)20-16-12-11-15-19(20)21(23)24/h11-12,15-16H,3-10,13-14,17-18H2,1-2H3,(H,23,24). The van der Waals surface area contributed by atoms with Crippen LogP contribution in [0.1, 0.15) is 88.4 Å². The minimum atomic E-state index is -0.826. The summed E-state index contributed by atoms with van der Waals surface area (Å²) >= 11 is 0. The van der Waals surface area contributed by atoms with Crippen molar-refractivity contribution in [1.82, 2.24) is 0 Å². The molecule has 24 heavy (non-hydrogen) atoms. The number of para-hydroxylation sites is 1. The van der Waals surface area contributed by atoms with Crippen molar-refractivity contribution in [3.8, 4) is 0 Å². The summed E-state index contributed by atoms with van der Waals surface area (Å²) in [6.45, 7) is 6.38. The third-order valence-electron chi connectivity index (χ3n) is 4.54. The van der Waals surface area contributed by atoms with Gasteiger partial charge in [-0.3, -0.25) is 0 Å². The molecule has 136 valence electrons. The predicted octanol–water partition coefficient (Wildman–Crippen LogP) is 6.13. The third kappa shape index (κ3) is 7.85. The molecule has 1 rings (SSSR count). The van der Waals surface area contributed by atoms with Gasteiger partial charge in [0, 0.05) is 13.1 Å². The van der Waals surface area contributed by atoms with E-state index in [1.807, 2.05) is 18.2 Å². The number of carboxylic acids is 1. The summed E-state index contributed by atoms with van der Waals surface area (Å²) in [4.78, 5) is 13.8. The normalized spacial score (nSPS) is 10.8. The molecule has 0 heterocycles. The van der Waals surface area contributed by atoms with E-state index in [2.05, 4.69) is 18.7 Å². The van der Waals surface area contributed by atoms with Crippen LogP contribution in [-0.4, -0.2) is 24.2 Å². The first-order valence-electron chi connectivity index (χ1n) is 9.78. The molecule has 3 nitrogen and oxygen atoms in total. The van der Waals surface area contributed by atoms with E-state index in [0.717, 1.165) is 31.6 Å². The summed E-state index contributed by atoms with van der Waals surface area (Å²) < 4.78 is 0. The summed E-state index contributed by atoms with van der Waals surface area (Å²) in [5.41, 5.74) is 1.32. The highest BCUT2D eigenvalue weighted by Crippen LogP contribution is 2.22. The molecule has 0 radical (unpaired) electrons. The first kappa shape index (κ1) is 20.5. The van der Waals surface area contributed by atoms with E-state index in [4.69, 9.17) is 0 Å². The Bertz CT molecular complexity index is 445. The summed E-state index contributed by atoms with van der Waals surface area (Å²) in [7, 11) is 0. The smallest absolute Gasteiger partial charge is 0.337 e. The first-order chi connectivity index (χ1) is 11.7. The molecule has 0 aliphatic heterocycles. The molecule has 0 aliphatic carbocycles. The van der Waals surface area contributed by atoms with Crippen LogP contribution < -0.4 is 4.90 Å². The van der Waals surface area contributed by atoms with Gasteiger partial charge in [-0.05, 0) is 25.0 Å². The van der Waals surface area contributed by atoms with Crippen LogP contribution in [0.15, 0.2) is 24.3 Å². The molecule has 1 aromatic carbocycles. The van der Waals surface area contributed by atoms with E-state index in [0.29, 0.717) is 5.56 Å². The number of rotatable bonds is 14. The van der Waals surface area contributed by atoms with Gasteiger partial charge in [-0.15, -0.1) is 0 Å². The number of carbonyl (C=O) groups is 1. The molecule has 0 aromatic heterocycles. The monoisotopic (exact) mass is 333 g/mol. The Balaban J connectivity index is 2.64. The average molecular weight is 334 g/mol. The van der Waals surface area contributed by atoms with E-state index >= 15 is 0 Å². The van der Waals surface area contributed by atoms with Gasteiger partial charge in [0.15, 0.2) is 0 Å². The van der Waals surface area contributed by atoms with Crippen molar-refractivity contribution in [1.29, 1.82) is 0 Å². The molecule has 0 aliphatic rings. The fourth-order valence-corrected chi connectivity index (χ4v) is 3.10. The van der Waals surface area contributed by atoms with E-state index < -0.39 is 5.97 Å². The minimum absolute atomic E-state index is 0.430. The summed E-state index contributed by atoms with van der Waals surface area (Å²) in [6, 6.07) is 7.44. The molecule has 0 saturated heterocycles. The molecule has 0 amide bonds. The molecule has 0 atom stereocenters. The van der Waals surface area contributed by atoms with E-state index in [1.54, 1.807) is 6.07 Å². The number of benzene rings is 1. The van der Waals surface area contributed by atoms with Gasteiger partial charge in [0.1, 0.15) is 0 Å². The number of carboxylic acid groups (broad SMARTS) is 1. The number of aromatic carboxylic acids is 1. The second-order valence-electron chi connectivity index (χ2n) is 6.64. The average Bonchev–Trinajstić information content (AvgIpc) is 2.59. The zero-order chi connectivity index (χ0) is 17.6. The molecule has 0 saturated carbocycles. The molecule has 1 N–H and O–H groups in total. The van der Waals surface area contributed by atoms with Crippen molar-refractivity contribution in [3.63, 3.8) is 0 Å². The van der Waals surface area contributed by atoms with Gasteiger partial charge in [-0.2, -0.15) is 0 Å². The summed E-state index contributed by atoms with van der Waals surface area (Å²) in [6.07, 6.45) is 12.4. The van der Waals surface area contributed by atoms with Crippen LogP contribution >= 0.6 is 0 Å². The van der Waals surface area contributed by atoms with Gasteiger partial charge in [-0.25, -0.2) is 4.79 Å². The molecule has 3 heteroatoms. The summed E-state index contributed by atoms with van der Waals surface area (Å²) in [5.74, 6) is -0.826. The Labute approximate surface area is 148 Å². The number of unbranched alkanes of at least 4 members (excludes halogenated alkanes) is 8. The second kappa shape index (κ2) is 12.9. The second-order valence-corrected chi connectivity index (χ2v) is 6.64. The van der Waals surface area contributed by atoms with Crippen LogP contribution in [0.5, 0.6) is 0 Å².